The van der Waals surface area contributed by atoms with Gasteiger partial charge >= 0.3 is 0 Å². The number of hydrogen-bond donors (Lipinski definition) is 2. The number of rotatable bonds is 4. The van der Waals surface area contributed by atoms with Gasteiger partial charge in [0.05, 0.1) is 6.10 Å². The van der Waals surface area contributed by atoms with Crippen LogP contribution in [0.2, 0.25) is 0 Å². The van der Waals surface area contributed by atoms with Crippen molar-refractivity contribution in [2.24, 2.45) is 11.3 Å². The molecule has 0 aromatic carbocycles. The third-order valence-electron chi connectivity index (χ3n) is 4.56. The fourth-order valence-corrected chi connectivity index (χ4v) is 3.76. The summed E-state index contributed by atoms with van der Waals surface area (Å²) < 4.78 is 5.90. The molecule has 3 unspecified atom stereocenters. The Labute approximate surface area is 123 Å². The van der Waals surface area contributed by atoms with Crippen LogP contribution in [0.1, 0.15) is 53.9 Å². The Kier molecular flexibility index (Phi) is 4.45. The summed E-state index contributed by atoms with van der Waals surface area (Å²) in [6, 6.07) is 0.482. The average Bonchev–Trinajstić information content (AvgIpc) is 2.32. The van der Waals surface area contributed by atoms with Crippen molar-refractivity contribution in [2.45, 2.75) is 71.6 Å². The van der Waals surface area contributed by atoms with Crippen LogP contribution in [0.3, 0.4) is 0 Å². The van der Waals surface area contributed by atoms with Crippen LogP contribution in [0.15, 0.2) is 0 Å². The molecule has 2 rings (SSSR count). The lowest BCUT2D eigenvalue weighted by atomic mass is 9.55. The molecule has 116 valence electrons. The molecule has 20 heavy (non-hydrogen) atoms. The highest BCUT2D eigenvalue weighted by Gasteiger charge is 2.57. The van der Waals surface area contributed by atoms with Crippen molar-refractivity contribution in [3.63, 3.8) is 0 Å². The van der Waals surface area contributed by atoms with Gasteiger partial charge in [-0.05, 0) is 33.6 Å². The van der Waals surface area contributed by atoms with Gasteiger partial charge in [-0.25, -0.2) is 0 Å². The van der Waals surface area contributed by atoms with Crippen LogP contribution in [-0.2, 0) is 9.53 Å². The summed E-state index contributed by atoms with van der Waals surface area (Å²) in [6.45, 7) is 12.2. The molecule has 2 N–H and O–H groups in total. The topological polar surface area (TPSA) is 50.4 Å². The van der Waals surface area contributed by atoms with E-state index in [2.05, 4.69) is 24.5 Å². The van der Waals surface area contributed by atoms with Crippen LogP contribution >= 0.6 is 0 Å². The minimum Gasteiger partial charge on any atom is -0.377 e. The lowest BCUT2D eigenvalue weighted by molar-refractivity contribution is -0.192. The predicted octanol–water partition coefficient (Wildman–Crippen LogP) is 2.08. The molecule has 4 nitrogen and oxygen atoms in total. The fraction of sp³-hybridized carbons (Fsp3) is 0.938. The molecule has 1 heterocycles. The summed E-state index contributed by atoms with van der Waals surface area (Å²) in [7, 11) is 0. The molecular formula is C16H30N2O2. The highest BCUT2D eigenvalue weighted by Crippen LogP contribution is 2.51. The zero-order valence-electron chi connectivity index (χ0n) is 13.6. The second-order valence-electron chi connectivity index (χ2n) is 7.90. The molecule has 0 radical (unpaired) electrons. The van der Waals surface area contributed by atoms with Crippen molar-refractivity contribution in [3.05, 3.63) is 0 Å². The minimum atomic E-state index is -0.144. The van der Waals surface area contributed by atoms with E-state index < -0.39 is 0 Å². The third kappa shape index (κ3) is 3.34. The van der Waals surface area contributed by atoms with Gasteiger partial charge < -0.3 is 15.4 Å². The van der Waals surface area contributed by atoms with Crippen molar-refractivity contribution in [1.29, 1.82) is 0 Å². The van der Waals surface area contributed by atoms with E-state index in [-0.39, 0.29) is 16.9 Å². The molecule has 0 spiro atoms. The van der Waals surface area contributed by atoms with Crippen molar-refractivity contribution >= 4 is 5.91 Å². The molecule has 3 atom stereocenters. The Bertz CT molecular complexity index is 360. The lowest BCUT2D eigenvalue weighted by Crippen LogP contribution is -2.69. The van der Waals surface area contributed by atoms with E-state index in [0.717, 1.165) is 13.2 Å². The number of ether oxygens (including phenoxy) is 1. The fourth-order valence-electron chi connectivity index (χ4n) is 3.76. The first-order valence-electron chi connectivity index (χ1n) is 7.88. The number of hydrogen-bond acceptors (Lipinski definition) is 3. The van der Waals surface area contributed by atoms with Gasteiger partial charge in [0.2, 0.25) is 5.91 Å². The Morgan fingerprint density at radius 3 is 2.70 bits per heavy atom. The molecule has 2 fully saturated rings. The predicted molar refractivity (Wildman–Crippen MR) is 80.5 cm³/mol. The quantitative estimate of drug-likeness (QED) is 0.830. The monoisotopic (exact) mass is 282 g/mol. The van der Waals surface area contributed by atoms with Crippen LogP contribution in [0.25, 0.3) is 0 Å². The van der Waals surface area contributed by atoms with Gasteiger partial charge in [-0.2, -0.15) is 0 Å². The summed E-state index contributed by atoms with van der Waals surface area (Å²) in [5.41, 5.74) is 0.0424. The Morgan fingerprint density at radius 1 is 1.35 bits per heavy atom. The first-order valence-corrected chi connectivity index (χ1v) is 7.88. The van der Waals surface area contributed by atoms with Gasteiger partial charge in [-0.1, -0.05) is 13.8 Å². The highest BCUT2D eigenvalue weighted by atomic mass is 16.5. The largest absolute Gasteiger partial charge is 0.377 e. The molecule has 2 aliphatic rings. The van der Waals surface area contributed by atoms with Crippen LogP contribution in [0, 0.1) is 11.3 Å². The Morgan fingerprint density at radius 2 is 2.05 bits per heavy atom. The van der Waals surface area contributed by atoms with E-state index in [1.165, 1.54) is 12.8 Å². The number of amides is 1. The lowest BCUT2D eigenvalue weighted by Gasteiger charge is -2.60. The zero-order chi connectivity index (χ0) is 15.0. The maximum absolute atomic E-state index is 11.8. The summed E-state index contributed by atoms with van der Waals surface area (Å²) in [5, 5.41) is 6.59. The van der Waals surface area contributed by atoms with E-state index in [0.29, 0.717) is 24.5 Å². The number of nitrogens with one attached hydrogen (secondary N) is 2. The van der Waals surface area contributed by atoms with Crippen LogP contribution in [0.5, 0.6) is 0 Å². The van der Waals surface area contributed by atoms with E-state index >= 15 is 0 Å². The zero-order valence-corrected chi connectivity index (χ0v) is 13.6. The normalized spacial score (nSPS) is 32.1. The van der Waals surface area contributed by atoms with Crippen LogP contribution in [-0.4, -0.2) is 36.7 Å². The molecule has 0 bridgehead atoms. The summed E-state index contributed by atoms with van der Waals surface area (Å²) in [4.78, 5) is 11.8. The van der Waals surface area contributed by atoms with Crippen LogP contribution < -0.4 is 10.6 Å². The van der Waals surface area contributed by atoms with E-state index in [1.807, 2.05) is 20.8 Å². The van der Waals surface area contributed by atoms with Gasteiger partial charge in [0.15, 0.2) is 0 Å². The standard InChI is InChI=1S/C16H30N2O2/c1-15(2,3)18-12(19)8-9-17-13-11-7-6-10-20-14(11)16(13,4)5/h11,13-14,17H,6-10H2,1-5H3,(H,18,19). The van der Waals surface area contributed by atoms with Crippen molar-refractivity contribution in [2.75, 3.05) is 13.2 Å². The maximum Gasteiger partial charge on any atom is 0.221 e. The first kappa shape index (κ1) is 15.8. The average molecular weight is 282 g/mol. The van der Waals surface area contributed by atoms with Gasteiger partial charge in [0.25, 0.3) is 0 Å². The molecule has 4 heteroatoms. The van der Waals surface area contributed by atoms with E-state index in [9.17, 15) is 4.79 Å². The third-order valence-corrected chi connectivity index (χ3v) is 4.56. The molecule has 0 aromatic heterocycles. The van der Waals surface area contributed by atoms with E-state index in [4.69, 9.17) is 4.74 Å². The minimum absolute atomic E-state index is 0.124. The van der Waals surface area contributed by atoms with Crippen LogP contribution in [0.4, 0.5) is 0 Å². The molecule has 1 saturated heterocycles. The molecular weight excluding hydrogens is 252 g/mol. The maximum atomic E-state index is 11.8. The molecule has 1 aliphatic carbocycles. The Hall–Kier alpha value is -0.610. The van der Waals surface area contributed by atoms with E-state index in [1.54, 1.807) is 0 Å². The molecule has 0 aromatic rings. The summed E-state index contributed by atoms with van der Waals surface area (Å²) >= 11 is 0. The summed E-state index contributed by atoms with van der Waals surface area (Å²) in [6.07, 6.45) is 3.36. The van der Waals surface area contributed by atoms with Crippen molar-refractivity contribution in [3.8, 4) is 0 Å². The first-order chi connectivity index (χ1) is 9.22. The molecule has 1 amide bonds. The molecule has 1 saturated carbocycles. The number of carbonyl (C=O) groups is 1. The summed E-state index contributed by atoms with van der Waals surface area (Å²) in [5.74, 6) is 0.753. The van der Waals surface area contributed by atoms with Crippen molar-refractivity contribution in [1.82, 2.24) is 10.6 Å². The Balaban J connectivity index is 1.75. The van der Waals surface area contributed by atoms with Gasteiger partial charge in [0, 0.05) is 42.5 Å². The highest BCUT2D eigenvalue weighted by molar-refractivity contribution is 5.76. The second kappa shape index (κ2) is 5.64. The van der Waals surface area contributed by atoms with Gasteiger partial charge in [0.1, 0.15) is 0 Å². The smallest absolute Gasteiger partial charge is 0.221 e. The van der Waals surface area contributed by atoms with Gasteiger partial charge in [-0.15, -0.1) is 0 Å². The number of fused-ring (bicyclic) bond motifs is 1. The molecule has 1 aliphatic heterocycles. The van der Waals surface area contributed by atoms with Crippen molar-refractivity contribution < 1.29 is 9.53 Å². The second-order valence-corrected chi connectivity index (χ2v) is 7.90. The SMILES string of the molecule is CC(C)(C)NC(=O)CCNC1C2CCCOC2C1(C)C. The number of carbonyl (C=O) groups excluding carboxylic acids is 1. The van der Waals surface area contributed by atoms with Gasteiger partial charge in [-0.3, -0.25) is 4.79 Å².